The van der Waals surface area contributed by atoms with Gasteiger partial charge in [-0.1, -0.05) is 381 Å². The van der Waals surface area contributed by atoms with E-state index >= 15 is 0 Å². The van der Waals surface area contributed by atoms with Crippen LogP contribution in [0.1, 0.15) is 433 Å². The zero-order valence-corrected chi connectivity index (χ0v) is 67.1. The van der Waals surface area contributed by atoms with Crippen LogP contribution in [0.25, 0.3) is 0 Å². The number of ether oxygens (including phenoxy) is 4. The lowest BCUT2D eigenvalue weighted by atomic mass is 10.0. The van der Waals surface area contributed by atoms with Crippen LogP contribution in [-0.2, 0) is 65.4 Å². The van der Waals surface area contributed by atoms with E-state index in [2.05, 4.69) is 34.6 Å². The quantitative estimate of drug-likeness (QED) is 0.0222. The molecule has 0 heterocycles. The summed E-state index contributed by atoms with van der Waals surface area (Å²) >= 11 is 0. The molecule has 0 radical (unpaired) electrons. The van der Waals surface area contributed by atoms with Crippen molar-refractivity contribution in [3.8, 4) is 0 Å². The van der Waals surface area contributed by atoms with Crippen molar-refractivity contribution in [1.29, 1.82) is 0 Å². The molecule has 17 nitrogen and oxygen atoms in total. The van der Waals surface area contributed by atoms with Gasteiger partial charge >= 0.3 is 39.5 Å². The summed E-state index contributed by atoms with van der Waals surface area (Å²) in [6.07, 6.45) is 65.5. The van der Waals surface area contributed by atoms with E-state index in [-0.39, 0.29) is 25.7 Å². The first-order chi connectivity index (χ1) is 48.5. The van der Waals surface area contributed by atoms with Crippen molar-refractivity contribution in [2.24, 2.45) is 5.92 Å². The Balaban J connectivity index is 5.18. The molecular weight excluding hydrogens is 1310 g/mol. The fourth-order valence-electron chi connectivity index (χ4n) is 12.6. The van der Waals surface area contributed by atoms with Crippen LogP contribution in [0.3, 0.4) is 0 Å². The highest BCUT2D eigenvalue weighted by atomic mass is 31.2. The smallest absolute Gasteiger partial charge is 0.462 e. The minimum absolute atomic E-state index is 0.104. The molecule has 0 aromatic rings. The van der Waals surface area contributed by atoms with Crippen molar-refractivity contribution in [2.45, 2.75) is 451 Å². The molecule has 0 saturated heterocycles. The van der Waals surface area contributed by atoms with Crippen molar-refractivity contribution in [1.82, 2.24) is 0 Å². The molecule has 594 valence electrons. The summed E-state index contributed by atoms with van der Waals surface area (Å²) in [5.74, 6) is -1.42. The second-order valence-corrected chi connectivity index (χ2v) is 32.5. The Bertz CT molecular complexity index is 1910. The second kappa shape index (κ2) is 73.9. The maximum Gasteiger partial charge on any atom is 0.472 e. The van der Waals surface area contributed by atoms with Crippen LogP contribution in [0.4, 0.5) is 0 Å². The number of esters is 4. The van der Waals surface area contributed by atoms with Crippen LogP contribution in [-0.4, -0.2) is 96.7 Å². The Morgan fingerprint density at radius 1 is 0.270 bits per heavy atom. The highest BCUT2D eigenvalue weighted by Crippen LogP contribution is 2.45. The third-order valence-corrected chi connectivity index (χ3v) is 20.9. The van der Waals surface area contributed by atoms with Gasteiger partial charge in [0.15, 0.2) is 12.2 Å². The summed E-state index contributed by atoms with van der Waals surface area (Å²) in [7, 11) is -9.91. The number of carbonyl (C=O) groups excluding carboxylic acids is 4. The van der Waals surface area contributed by atoms with Crippen LogP contribution < -0.4 is 0 Å². The highest BCUT2D eigenvalue weighted by molar-refractivity contribution is 7.47. The largest absolute Gasteiger partial charge is 0.472 e. The van der Waals surface area contributed by atoms with E-state index in [1.165, 1.54) is 257 Å². The van der Waals surface area contributed by atoms with E-state index in [9.17, 15) is 43.2 Å². The standard InChI is InChI=1S/C81H158O17P2/c1-6-9-12-15-18-21-24-26-28-30-32-33-34-35-37-39-41-43-46-51-56-61-66-80(85)97-76(70-92-79(84)65-60-55-50-45-42-40-38-36-31-29-27-25-22-19-16-13-10-7-2)72-95-99(87,88)93-68-75(82)69-94-100(89,90)96-73-77(98-81(86)67-62-57-52-47-48-53-58-63-74(4)5)71-91-78(83)64-59-54-49-44-23-20-17-14-11-8-3/h74-77,82H,6-73H2,1-5H3,(H,87,88)(H,89,90)/t75-,76-,77-/m1/s1. The molecule has 0 aliphatic carbocycles. The van der Waals surface area contributed by atoms with E-state index in [0.29, 0.717) is 31.6 Å². The molecular formula is C81H158O17P2. The topological polar surface area (TPSA) is 237 Å². The Labute approximate surface area is 613 Å². The number of rotatable bonds is 81. The molecule has 0 fully saturated rings. The number of aliphatic hydroxyl groups excluding tert-OH is 1. The van der Waals surface area contributed by atoms with E-state index in [4.69, 9.17) is 37.0 Å². The van der Waals surface area contributed by atoms with Crippen LogP contribution in [0.2, 0.25) is 0 Å². The van der Waals surface area contributed by atoms with Gasteiger partial charge in [-0.05, 0) is 31.6 Å². The molecule has 0 saturated carbocycles. The average molecular weight is 1470 g/mol. The molecule has 0 spiro atoms. The van der Waals surface area contributed by atoms with Crippen LogP contribution in [0, 0.1) is 5.92 Å². The Morgan fingerprint density at radius 3 is 0.680 bits per heavy atom. The minimum atomic E-state index is -4.96. The third kappa shape index (κ3) is 74.3. The molecule has 2 unspecified atom stereocenters. The van der Waals surface area contributed by atoms with Gasteiger partial charge in [0.2, 0.25) is 0 Å². The number of unbranched alkanes of at least 4 members (excludes halogenated alkanes) is 53. The molecule has 0 aliphatic rings. The average Bonchev–Trinajstić information content (AvgIpc) is 0.912. The summed E-state index contributed by atoms with van der Waals surface area (Å²) in [6, 6.07) is 0. The maximum atomic E-state index is 13.1. The normalized spacial score (nSPS) is 13.8. The van der Waals surface area contributed by atoms with Gasteiger partial charge in [-0.15, -0.1) is 0 Å². The fraction of sp³-hybridized carbons (Fsp3) is 0.951. The molecule has 19 heteroatoms. The summed E-state index contributed by atoms with van der Waals surface area (Å²) in [4.78, 5) is 72.9. The Hall–Kier alpha value is -1.94. The molecule has 100 heavy (non-hydrogen) atoms. The Morgan fingerprint density at radius 2 is 0.460 bits per heavy atom. The monoisotopic (exact) mass is 1470 g/mol. The zero-order valence-electron chi connectivity index (χ0n) is 65.3. The van der Waals surface area contributed by atoms with Crippen molar-refractivity contribution < 1.29 is 80.2 Å². The lowest BCUT2D eigenvalue weighted by Crippen LogP contribution is -2.30. The molecule has 0 aromatic heterocycles. The van der Waals surface area contributed by atoms with Gasteiger partial charge in [0.25, 0.3) is 0 Å². The van der Waals surface area contributed by atoms with E-state index in [1.54, 1.807) is 0 Å². The summed E-state index contributed by atoms with van der Waals surface area (Å²) in [5, 5.41) is 10.6. The van der Waals surface area contributed by atoms with Crippen molar-refractivity contribution in [2.75, 3.05) is 39.6 Å². The van der Waals surface area contributed by atoms with Gasteiger partial charge in [0.05, 0.1) is 26.4 Å². The minimum Gasteiger partial charge on any atom is -0.462 e. The zero-order chi connectivity index (χ0) is 73.4. The number of hydrogen-bond donors (Lipinski definition) is 3. The molecule has 5 atom stereocenters. The van der Waals surface area contributed by atoms with Crippen molar-refractivity contribution in [3.63, 3.8) is 0 Å². The molecule has 0 amide bonds. The predicted octanol–water partition coefficient (Wildman–Crippen LogP) is 24.4. The van der Waals surface area contributed by atoms with E-state index < -0.39 is 97.5 Å². The van der Waals surface area contributed by atoms with Crippen molar-refractivity contribution in [3.05, 3.63) is 0 Å². The highest BCUT2D eigenvalue weighted by Gasteiger charge is 2.30. The molecule has 0 aliphatic heterocycles. The van der Waals surface area contributed by atoms with Crippen LogP contribution >= 0.6 is 15.6 Å². The second-order valence-electron chi connectivity index (χ2n) is 29.6. The van der Waals surface area contributed by atoms with Gasteiger partial charge in [-0.2, -0.15) is 0 Å². The summed E-state index contributed by atoms with van der Waals surface area (Å²) in [5.41, 5.74) is 0. The number of phosphoric ester groups is 2. The summed E-state index contributed by atoms with van der Waals surface area (Å²) in [6.45, 7) is 7.25. The first-order valence-electron chi connectivity index (χ1n) is 42.1. The molecule has 0 bridgehead atoms. The number of hydrogen-bond acceptors (Lipinski definition) is 15. The number of carbonyl (C=O) groups is 4. The lowest BCUT2D eigenvalue weighted by Gasteiger charge is -2.21. The number of phosphoric acid groups is 2. The van der Waals surface area contributed by atoms with Gasteiger partial charge in [-0.25, -0.2) is 9.13 Å². The van der Waals surface area contributed by atoms with Gasteiger partial charge < -0.3 is 33.8 Å². The molecule has 0 rings (SSSR count). The predicted molar refractivity (Wildman–Crippen MR) is 409 cm³/mol. The maximum absolute atomic E-state index is 13.1. The Kier molecular flexibility index (Phi) is 72.5. The van der Waals surface area contributed by atoms with Gasteiger partial charge in [0, 0.05) is 25.7 Å². The SMILES string of the molecule is CCCCCCCCCCCCCCCCCCCCCCCCC(=O)O[C@H](COC(=O)CCCCCCCCCCCCCCCCCCCC)COP(=O)(O)OC[C@@H](O)COP(=O)(O)OC[C@@H](COC(=O)CCCCCCCCCCCC)OC(=O)CCCCCCCCCC(C)C. The van der Waals surface area contributed by atoms with Gasteiger partial charge in [0.1, 0.15) is 19.3 Å². The third-order valence-electron chi connectivity index (χ3n) is 19.0. The molecule has 3 N–H and O–H groups in total. The summed E-state index contributed by atoms with van der Waals surface area (Å²) < 4.78 is 68.6. The first-order valence-corrected chi connectivity index (χ1v) is 45.1. The van der Waals surface area contributed by atoms with E-state index in [1.807, 2.05) is 0 Å². The van der Waals surface area contributed by atoms with Crippen LogP contribution in [0.15, 0.2) is 0 Å². The number of aliphatic hydroxyl groups is 1. The van der Waals surface area contributed by atoms with Gasteiger partial charge in [-0.3, -0.25) is 37.3 Å². The lowest BCUT2D eigenvalue weighted by molar-refractivity contribution is -0.161. The molecule has 0 aromatic carbocycles. The van der Waals surface area contributed by atoms with Crippen molar-refractivity contribution >= 4 is 39.5 Å². The first kappa shape index (κ1) is 98.1. The van der Waals surface area contributed by atoms with E-state index in [0.717, 1.165) is 89.9 Å². The van der Waals surface area contributed by atoms with Crippen LogP contribution in [0.5, 0.6) is 0 Å². The fourth-order valence-corrected chi connectivity index (χ4v) is 14.2.